The van der Waals surface area contributed by atoms with Gasteiger partial charge in [-0.2, -0.15) is 0 Å². The number of fused-ring (bicyclic) bond motifs is 1. The molecule has 0 saturated heterocycles. The summed E-state index contributed by atoms with van der Waals surface area (Å²) in [4.78, 5) is 30.7. The zero-order valence-electron chi connectivity index (χ0n) is 20.5. The third kappa shape index (κ3) is 4.73. The molecule has 2 aromatic carbocycles. The number of rotatable bonds is 5. The summed E-state index contributed by atoms with van der Waals surface area (Å²) in [6.45, 7) is 1.79. The standard InChI is InChI=1S/C28H22FN7O2/c1-17(34-26-22(25(30)32-16-33-26)14-12-18-11-13-20(38-2)15-31-18)27-35-24-21(9-6-10-23(24)29)28(37)36(27)19-7-4-3-5-8-19/h3-11,13,15-17H,1-2H3,(H3,30,32,33,34). The Morgan fingerprint density at radius 3 is 2.58 bits per heavy atom. The monoisotopic (exact) mass is 507 g/mol. The molecule has 3 N–H and O–H groups in total. The predicted octanol–water partition coefficient (Wildman–Crippen LogP) is 3.87. The molecule has 0 amide bonds. The highest BCUT2D eigenvalue weighted by Crippen LogP contribution is 2.25. The number of hydrogen-bond donors (Lipinski definition) is 2. The minimum atomic E-state index is -0.610. The fourth-order valence-corrected chi connectivity index (χ4v) is 3.91. The fraction of sp³-hybridized carbons (Fsp3) is 0.107. The maximum atomic E-state index is 14.7. The molecule has 10 heteroatoms. The average Bonchev–Trinajstić information content (AvgIpc) is 2.94. The van der Waals surface area contributed by atoms with Crippen molar-refractivity contribution in [2.45, 2.75) is 13.0 Å². The van der Waals surface area contributed by atoms with E-state index in [-0.39, 0.29) is 22.5 Å². The van der Waals surface area contributed by atoms with E-state index >= 15 is 0 Å². The molecule has 0 aliphatic rings. The van der Waals surface area contributed by atoms with Crippen molar-refractivity contribution < 1.29 is 9.13 Å². The molecule has 188 valence electrons. The molecule has 0 aliphatic carbocycles. The number of benzene rings is 2. The van der Waals surface area contributed by atoms with Crippen molar-refractivity contribution in [3.63, 3.8) is 0 Å². The van der Waals surface area contributed by atoms with Crippen LogP contribution in [0.4, 0.5) is 16.0 Å². The Labute approximate surface area is 217 Å². The summed E-state index contributed by atoms with van der Waals surface area (Å²) in [6.07, 6.45) is 2.86. The van der Waals surface area contributed by atoms with Gasteiger partial charge in [0.1, 0.15) is 52.1 Å². The van der Waals surface area contributed by atoms with Gasteiger partial charge in [-0.3, -0.25) is 9.36 Å². The van der Waals surface area contributed by atoms with Gasteiger partial charge in [-0.25, -0.2) is 24.3 Å². The highest BCUT2D eigenvalue weighted by Gasteiger charge is 2.21. The van der Waals surface area contributed by atoms with Crippen molar-refractivity contribution in [3.8, 4) is 23.3 Å². The number of aromatic nitrogens is 5. The number of pyridine rings is 1. The maximum absolute atomic E-state index is 14.7. The van der Waals surface area contributed by atoms with E-state index in [0.717, 1.165) is 0 Å². The third-order valence-electron chi connectivity index (χ3n) is 5.79. The van der Waals surface area contributed by atoms with Gasteiger partial charge in [0.05, 0.1) is 30.4 Å². The second kappa shape index (κ2) is 10.4. The molecule has 3 heterocycles. The molecule has 1 unspecified atom stereocenters. The van der Waals surface area contributed by atoms with E-state index in [1.54, 1.807) is 50.6 Å². The molecule has 9 nitrogen and oxygen atoms in total. The minimum Gasteiger partial charge on any atom is -0.495 e. The van der Waals surface area contributed by atoms with Crippen LogP contribution in [0.3, 0.4) is 0 Å². The van der Waals surface area contributed by atoms with Crippen LogP contribution < -0.4 is 21.3 Å². The molecule has 0 fully saturated rings. The zero-order valence-corrected chi connectivity index (χ0v) is 20.5. The van der Waals surface area contributed by atoms with E-state index in [2.05, 4.69) is 37.1 Å². The van der Waals surface area contributed by atoms with E-state index in [1.165, 1.54) is 23.0 Å². The number of para-hydroxylation sites is 2. The van der Waals surface area contributed by atoms with Crippen LogP contribution in [0.2, 0.25) is 0 Å². The second-order valence-electron chi connectivity index (χ2n) is 8.26. The van der Waals surface area contributed by atoms with E-state index in [0.29, 0.717) is 28.5 Å². The molecule has 5 aromatic rings. The number of nitrogens with two attached hydrogens (primary N) is 1. The van der Waals surface area contributed by atoms with Gasteiger partial charge in [0, 0.05) is 0 Å². The summed E-state index contributed by atoms with van der Waals surface area (Å²) in [7, 11) is 1.56. The van der Waals surface area contributed by atoms with Crippen LogP contribution >= 0.6 is 0 Å². The lowest BCUT2D eigenvalue weighted by atomic mass is 10.2. The van der Waals surface area contributed by atoms with E-state index in [1.807, 2.05) is 18.2 Å². The first-order valence-electron chi connectivity index (χ1n) is 11.6. The molecule has 3 aromatic heterocycles. The summed E-state index contributed by atoms with van der Waals surface area (Å²) in [5.41, 5.74) is 7.16. The number of halogens is 1. The van der Waals surface area contributed by atoms with Crippen LogP contribution in [0.15, 0.2) is 78.0 Å². The number of nitrogen functional groups attached to an aromatic ring is 1. The van der Waals surface area contributed by atoms with E-state index < -0.39 is 17.4 Å². The van der Waals surface area contributed by atoms with Crippen molar-refractivity contribution in [1.82, 2.24) is 24.5 Å². The zero-order chi connectivity index (χ0) is 26.6. The lowest BCUT2D eigenvalue weighted by Crippen LogP contribution is -2.28. The molecule has 38 heavy (non-hydrogen) atoms. The number of nitrogens with zero attached hydrogens (tertiary/aromatic N) is 5. The van der Waals surface area contributed by atoms with Crippen molar-refractivity contribution >= 4 is 22.5 Å². The van der Waals surface area contributed by atoms with Crippen LogP contribution in [0.25, 0.3) is 16.6 Å². The Morgan fingerprint density at radius 2 is 1.84 bits per heavy atom. The fourth-order valence-electron chi connectivity index (χ4n) is 3.91. The maximum Gasteiger partial charge on any atom is 0.266 e. The first kappa shape index (κ1) is 24.4. The molecule has 0 spiro atoms. The number of anilines is 2. The number of ether oxygens (including phenoxy) is 1. The smallest absolute Gasteiger partial charge is 0.266 e. The summed E-state index contributed by atoms with van der Waals surface area (Å²) >= 11 is 0. The van der Waals surface area contributed by atoms with Gasteiger partial charge in [0.15, 0.2) is 0 Å². The lowest BCUT2D eigenvalue weighted by molar-refractivity contribution is 0.413. The topological polar surface area (TPSA) is 121 Å². The van der Waals surface area contributed by atoms with Crippen LogP contribution in [-0.4, -0.2) is 31.6 Å². The van der Waals surface area contributed by atoms with Crippen LogP contribution in [-0.2, 0) is 0 Å². The predicted molar refractivity (Wildman–Crippen MR) is 143 cm³/mol. The average molecular weight is 508 g/mol. The third-order valence-corrected chi connectivity index (χ3v) is 5.79. The highest BCUT2D eigenvalue weighted by molar-refractivity contribution is 5.78. The number of hydrogen-bond acceptors (Lipinski definition) is 8. The SMILES string of the molecule is COc1ccc(C#Cc2c(N)ncnc2NC(C)c2nc3c(F)cccc3c(=O)n2-c2ccccc2)nc1. The van der Waals surface area contributed by atoms with E-state index in [9.17, 15) is 9.18 Å². The van der Waals surface area contributed by atoms with Crippen molar-refractivity contribution in [1.29, 1.82) is 0 Å². The largest absolute Gasteiger partial charge is 0.495 e. The van der Waals surface area contributed by atoms with Gasteiger partial charge in [-0.05, 0) is 49.2 Å². The first-order valence-corrected chi connectivity index (χ1v) is 11.6. The van der Waals surface area contributed by atoms with Gasteiger partial charge in [-0.1, -0.05) is 30.2 Å². The van der Waals surface area contributed by atoms with Crippen molar-refractivity contribution in [2.75, 3.05) is 18.2 Å². The van der Waals surface area contributed by atoms with Gasteiger partial charge in [-0.15, -0.1) is 0 Å². The Kier molecular flexibility index (Phi) is 6.65. The molecule has 0 radical (unpaired) electrons. The molecule has 0 aliphatic heterocycles. The second-order valence-corrected chi connectivity index (χ2v) is 8.26. The Hall–Kier alpha value is -5.30. The summed E-state index contributed by atoms with van der Waals surface area (Å²) in [5.74, 6) is 6.72. The Bertz CT molecular complexity index is 1740. The summed E-state index contributed by atoms with van der Waals surface area (Å²) in [6, 6.07) is 16.2. The van der Waals surface area contributed by atoms with Crippen LogP contribution in [0.5, 0.6) is 5.75 Å². The summed E-state index contributed by atoms with van der Waals surface area (Å²) < 4.78 is 21.3. The van der Waals surface area contributed by atoms with Gasteiger partial charge >= 0.3 is 0 Å². The first-order chi connectivity index (χ1) is 18.5. The molecule has 0 bridgehead atoms. The molecular weight excluding hydrogens is 485 g/mol. The number of nitrogens with one attached hydrogen (secondary N) is 1. The molecule has 1 atom stereocenters. The Morgan fingerprint density at radius 1 is 1.03 bits per heavy atom. The lowest BCUT2D eigenvalue weighted by Gasteiger charge is -2.20. The highest BCUT2D eigenvalue weighted by atomic mass is 19.1. The number of methoxy groups -OCH3 is 1. The molecule has 0 saturated carbocycles. The van der Waals surface area contributed by atoms with Crippen LogP contribution in [0, 0.1) is 17.7 Å². The van der Waals surface area contributed by atoms with Gasteiger partial charge < -0.3 is 15.8 Å². The quantitative estimate of drug-likeness (QED) is 0.344. The Balaban J connectivity index is 1.59. The normalized spacial score (nSPS) is 11.4. The van der Waals surface area contributed by atoms with E-state index in [4.69, 9.17) is 10.5 Å². The van der Waals surface area contributed by atoms with Gasteiger partial charge in [0.25, 0.3) is 5.56 Å². The molecular formula is C28H22FN7O2. The van der Waals surface area contributed by atoms with Crippen molar-refractivity contribution in [2.24, 2.45) is 0 Å². The van der Waals surface area contributed by atoms with Crippen LogP contribution in [0.1, 0.15) is 30.0 Å². The summed E-state index contributed by atoms with van der Waals surface area (Å²) in [5, 5.41) is 3.40. The van der Waals surface area contributed by atoms with Crippen molar-refractivity contribution in [3.05, 3.63) is 106 Å². The van der Waals surface area contributed by atoms with Gasteiger partial charge in [0.2, 0.25) is 0 Å². The molecule has 5 rings (SSSR count). The minimum absolute atomic E-state index is 0.0128.